The third kappa shape index (κ3) is 9.14. The quantitative estimate of drug-likeness (QED) is 0.251. The minimum Gasteiger partial charge on any atom is -0.494 e. The molecule has 0 radical (unpaired) electrons. The van der Waals surface area contributed by atoms with Crippen LogP contribution in [0.5, 0.6) is 5.75 Å². The lowest BCUT2D eigenvalue weighted by Gasteiger charge is -2.33. The monoisotopic (exact) mass is 546 g/mol. The van der Waals surface area contributed by atoms with Crippen molar-refractivity contribution in [1.29, 1.82) is 0 Å². The van der Waals surface area contributed by atoms with Gasteiger partial charge in [-0.05, 0) is 61.6 Å². The molecule has 6 heteroatoms. The molecule has 3 aromatic rings. The second-order valence-electron chi connectivity index (χ2n) is 10.5. The van der Waals surface area contributed by atoms with E-state index in [0.717, 1.165) is 48.1 Å². The van der Waals surface area contributed by atoms with E-state index in [2.05, 4.69) is 11.4 Å². The van der Waals surface area contributed by atoms with Crippen LogP contribution in [0, 0.1) is 6.92 Å². The van der Waals surface area contributed by atoms with Gasteiger partial charge in [0.15, 0.2) is 0 Å². The van der Waals surface area contributed by atoms with Crippen LogP contribution in [0.25, 0.3) is 0 Å². The zero-order chi connectivity index (χ0) is 27.5. The minimum absolute atomic E-state index is 0.0454. The van der Waals surface area contributed by atoms with Gasteiger partial charge in [0.2, 0.25) is 11.8 Å². The molecule has 0 spiro atoms. The van der Waals surface area contributed by atoms with E-state index in [1.165, 1.54) is 6.42 Å². The van der Waals surface area contributed by atoms with E-state index < -0.39 is 6.04 Å². The van der Waals surface area contributed by atoms with Crippen molar-refractivity contribution < 1.29 is 14.3 Å². The predicted molar refractivity (Wildman–Crippen MR) is 157 cm³/mol. The van der Waals surface area contributed by atoms with Gasteiger partial charge in [-0.25, -0.2) is 0 Å². The SMILES string of the molecule is Cc1cccc(CN(C(=O)CCCOc2ccc(Cl)cc2)C(Cc2ccccc2)C(=O)NC2CCCCC2)c1. The molecule has 1 N–H and O–H groups in total. The summed E-state index contributed by atoms with van der Waals surface area (Å²) in [5, 5.41) is 3.95. The van der Waals surface area contributed by atoms with E-state index >= 15 is 0 Å². The number of amides is 2. The molecule has 5 nitrogen and oxygen atoms in total. The Morgan fingerprint density at radius 1 is 0.949 bits per heavy atom. The molecule has 0 aromatic heterocycles. The molecule has 0 heterocycles. The molecule has 0 bridgehead atoms. The van der Waals surface area contributed by atoms with Gasteiger partial charge in [-0.2, -0.15) is 0 Å². The summed E-state index contributed by atoms with van der Waals surface area (Å²) in [5.74, 6) is 0.609. The third-order valence-corrected chi connectivity index (χ3v) is 7.53. The number of benzene rings is 3. The van der Waals surface area contributed by atoms with Crippen LogP contribution in [0.4, 0.5) is 0 Å². The Bertz CT molecular complexity index is 1190. The Morgan fingerprint density at radius 3 is 2.38 bits per heavy atom. The number of carbonyl (C=O) groups is 2. The van der Waals surface area contributed by atoms with Gasteiger partial charge in [0.05, 0.1) is 6.61 Å². The molecule has 1 fully saturated rings. The molecular formula is C33H39ClN2O3. The fourth-order valence-electron chi connectivity index (χ4n) is 5.19. The average Bonchev–Trinajstić information content (AvgIpc) is 2.95. The van der Waals surface area contributed by atoms with Crippen LogP contribution in [-0.4, -0.2) is 35.4 Å². The molecule has 1 atom stereocenters. The van der Waals surface area contributed by atoms with Gasteiger partial charge in [0, 0.05) is 30.5 Å². The molecule has 3 aromatic carbocycles. The summed E-state index contributed by atoms with van der Waals surface area (Å²) in [6.45, 7) is 2.83. The van der Waals surface area contributed by atoms with Crippen LogP contribution >= 0.6 is 11.6 Å². The normalized spacial score (nSPS) is 14.4. The van der Waals surface area contributed by atoms with Gasteiger partial charge in [-0.15, -0.1) is 0 Å². The van der Waals surface area contributed by atoms with Gasteiger partial charge in [-0.1, -0.05) is 91.0 Å². The van der Waals surface area contributed by atoms with Gasteiger partial charge < -0.3 is 15.0 Å². The van der Waals surface area contributed by atoms with Gasteiger partial charge in [-0.3, -0.25) is 9.59 Å². The molecule has 2 amide bonds. The van der Waals surface area contributed by atoms with Gasteiger partial charge in [0.25, 0.3) is 0 Å². The highest BCUT2D eigenvalue weighted by Crippen LogP contribution is 2.21. The van der Waals surface area contributed by atoms with Crippen LogP contribution in [0.2, 0.25) is 5.02 Å². The number of ether oxygens (including phenoxy) is 1. The molecule has 0 aliphatic heterocycles. The lowest BCUT2D eigenvalue weighted by Crippen LogP contribution is -2.52. The van der Waals surface area contributed by atoms with E-state index in [-0.39, 0.29) is 17.9 Å². The first-order valence-electron chi connectivity index (χ1n) is 14.1. The summed E-state index contributed by atoms with van der Waals surface area (Å²) in [4.78, 5) is 29.4. The van der Waals surface area contributed by atoms with Crippen molar-refractivity contribution in [2.24, 2.45) is 0 Å². The standard InChI is InChI=1S/C33H39ClN2O3/c1-25-10-8-13-27(22-25)24-36(32(37)16-9-21-39-30-19-17-28(34)18-20-30)31(23-26-11-4-2-5-12-26)33(38)35-29-14-6-3-7-15-29/h2,4-5,8,10-13,17-20,22,29,31H,3,6-7,9,14-16,21,23-24H2,1H3,(H,35,38). The zero-order valence-electron chi connectivity index (χ0n) is 22.8. The summed E-state index contributed by atoms with van der Waals surface area (Å²) < 4.78 is 5.82. The number of aryl methyl sites for hydroxylation is 1. The molecule has 206 valence electrons. The summed E-state index contributed by atoms with van der Waals surface area (Å²) in [6, 6.07) is 24.9. The van der Waals surface area contributed by atoms with Crippen LogP contribution in [0.3, 0.4) is 0 Å². The van der Waals surface area contributed by atoms with Crippen molar-refractivity contribution in [3.63, 3.8) is 0 Å². The Hall–Kier alpha value is -3.31. The van der Waals surface area contributed by atoms with Crippen molar-refractivity contribution in [3.8, 4) is 5.75 Å². The fraction of sp³-hybridized carbons (Fsp3) is 0.394. The molecule has 4 rings (SSSR count). The maximum absolute atomic E-state index is 13.8. The molecule has 0 saturated heterocycles. The first-order valence-corrected chi connectivity index (χ1v) is 14.4. The number of nitrogens with zero attached hydrogens (tertiary/aromatic N) is 1. The second-order valence-corrected chi connectivity index (χ2v) is 10.9. The zero-order valence-corrected chi connectivity index (χ0v) is 23.5. The first kappa shape index (κ1) is 28.7. The number of hydrogen-bond acceptors (Lipinski definition) is 3. The average molecular weight is 547 g/mol. The third-order valence-electron chi connectivity index (χ3n) is 7.28. The molecule has 1 aliphatic carbocycles. The molecular weight excluding hydrogens is 508 g/mol. The topological polar surface area (TPSA) is 58.6 Å². The Labute approximate surface area is 237 Å². The Morgan fingerprint density at radius 2 is 1.67 bits per heavy atom. The minimum atomic E-state index is -0.598. The lowest BCUT2D eigenvalue weighted by molar-refractivity contribution is -0.141. The predicted octanol–water partition coefficient (Wildman–Crippen LogP) is 6.90. The van der Waals surface area contributed by atoms with E-state index in [9.17, 15) is 9.59 Å². The largest absolute Gasteiger partial charge is 0.494 e. The second kappa shape index (κ2) is 14.7. The molecule has 1 aliphatic rings. The van der Waals surface area contributed by atoms with E-state index in [1.54, 1.807) is 17.0 Å². The van der Waals surface area contributed by atoms with Crippen LogP contribution in [-0.2, 0) is 22.6 Å². The Kier molecular flexibility index (Phi) is 10.8. The van der Waals surface area contributed by atoms with Gasteiger partial charge >= 0.3 is 0 Å². The summed E-state index contributed by atoms with van der Waals surface area (Å²) >= 11 is 5.96. The number of halogens is 1. The molecule has 39 heavy (non-hydrogen) atoms. The summed E-state index contributed by atoms with van der Waals surface area (Å²) in [5.41, 5.74) is 3.18. The summed E-state index contributed by atoms with van der Waals surface area (Å²) in [7, 11) is 0. The molecule has 1 unspecified atom stereocenters. The lowest BCUT2D eigenvalue weighted by atomic mass is 9.94. The maximum atomic E-state index is 13.8. The highest BCUT2D eigenvalue weighted by atomic mass is 35.5. The highest BCUT2D eigenvalue weighted by molar-refractivity contribution is 6.30. The van der Waals surface area contributed by atoms with Crippen molar-refractivity contribution in [2.45, 2.75) is 76.9 Å². The fourth-order valence-corrected chi connectivity index (χ4v) is 5.32. The number of carbonyl (C=O) groups excluding carboxylic acids is 2. The smallest absolute Gasteiger partial charge is 0.243 e. The van der Waals surface area contributed by atoms with Crippen LogP contribution in [0.1, 0.15) is 61.6 Å². The summed E-state index contributed by atoms with van der Waals surface area (Å²) in [6.07, 6.45) is 6.79. The van der Waals surface area contributed by atoms with Crippen molar-refractivity contribution in [3.05, 3.63) is 101 Å². The van der Waals surface area contributed by atoms with Crippen molar-refractivity contribution >= 4 is 23.4 Å². The van der Waals surface area contributed by atoms with E-state index in [4.69, 9.17) is 16.3 Å². The van der Waals surface area contributed by atoms with E-state index in [0.29, 0.717) is 37.4 Å². The number of rotatable bonds is 12. The number of hydrogen-bond donors (Lipinski definition) is 1. The van der Waals surface area contributed by atoms with Crippen LogP contribution < -0.4 is 10.1 Å². The maximum Gasteiger partial charge on any atom is 0.243 e. The first-order chi connectivity index (χ1) is 19.0. The van der Waals surface area contributed by atoms with Crippen LogP contribution in [0.15, 0.2) is 78.9 Å². The highest BCUT2D eigenvalue weighted by Gasteiger charge is 2.31. The molecule has 1 saturated carbocycles. The number of nitrogens with one attached hydrogen (secondary N) is 1. The van der Waals surface area contributed by atoms with Crippen molar-refractivity contribution in [2.75, 3.05) is 6.61 Å². The van der Waals surface area contributed by atoms with E-state index in [1.807, 2.05) is 67.6 Å². The van der Waals surface area contributed by atoms with Gasteiger partial charge in [0.1, 0.15) is 11.8 Å². The van der Waals surface area contributed by atoms with Crippen molar-refractivity contribution in [1.82, 2.24) is 10.2 Å². The Balaban J connectivity index is 1.51.